The van der Waals surface area contributed by atoms with E-state index in [9.17, 15) is 0 Å². The van der Waals surface area contributed by atoms with Crippen LogP contribution in [0.15, 0.2) is 30.3 Å². The Morgan fingerprint density at radius 3 is 1.70 bits per heavy atom. The molecule has 4 nitrogen and oxygen atoms in total. The summed E-state index contributed by atoms with van der Waals surface area (Å²) in [4.78, 5) is 2.54. The molecule has 0 amide bonds. The van der Waals surface area contributed by atoms with Gasteiger partial charge in [-0.3, -0.25) is 0 Å². The lowest BCUT2D eigenvalue weighted by Gasteiger charge is -2.19. The summed E-state index contributed by atoms with van der Waals surface area (Å²) in [5, 5.41) is 16.7. The van der Waals surface area contributed by atoms with Crippen molar-refractivity contribution >= 4 is 7.32 Å². The van der Waals surface area contributed by atoms with Crippen LogP contribution in [-0.2, 0) is 0 Å². The Labute approximate surface area is 123 Å². The van der Waals surface area contributed by atoms with E-state index in [0.29, 0.717) is 5.75 Å². The van der Waals surface area contributed by atoms with Gasteiger partial charge in [0.1, 0.15) is 5.75 Å². The SMILES string of the molecule is CCCN(CCC)CCC.OB(O)Oc1ccccc1. The van der Waals surface area contributed by atoms with E-state index in [2.05, 4.69) is 30.3 Å². The minimum absolute atomic E-state index is 0.442. The highest BCUT2D eigenvalue weighted by Gasteiger charge is 2.09. The van der Waals surface area contributed by atoms with Crippen molar-refractivity contribution in [2.24, 2.45) is 0 Å². The van der Waals surface area contributed by atoms with Gasteiger partial charge in [0.2, 0.25) is 0 Å². The molecule has 5 heteroatoms. The average molecular weight is 281 g/mol. The predicted molar refractivity (Wildman–Crippen MR) is 84.6 cm³/mol. The summed E-state index contributed by atoms with van der Waals surface area (Å²) in [6.45, 7) is 10.6. The zero-order valence-corrected chi connectivity index (χ0v) is 13.0. The molecule has 0 aromatic heterocycles. The molecule has 0 atom stereocenters. The van der Waals surface area contributed by atoms with Gasteiger partial charge >= 0.3 is 7.32 Å². The zero-order chi connectivity index (χ0) is 15.2. The minimum Gasteiger partial charge on any atom is -0.512 e. The van der Waals surface area contributed by atoms with Gasteiger partial charge in [0.15, 0.2) is 0 Å². The molecule has 0 saturated carbocycles. The fourth-order valence-electron chi connectivity index (χ4n) is 1.90. The molecule has 0 aliphatic rings. The molecule has 20 heavy (non-hydrogen) atoms. The number of para-hydroxylation sites is 1. The number of rotatable bonds is 8. The first-order valence-corrected chi connectivity index (χ1v) is 7.44. The highest BCUT2D eigenvalue weighted by atomic mass is 16.6. The van der Waals surface area contributed by atoms with Crippen molar-refractivity contribution in [1.82, 2.24) is 4.90 Å². The molecule has 1 rings (SSSR count). The topological polar surface area (TPSA) is 52.9 Å². The third-order valence-corrected chi connectivity index (χ3v) is 2.60. The van der Waals surface area contributed by atoms with Crippen LogP contribution >= 0.6 is 0 Å². The van der Waals surface area contributed by atoms with E-state index >= 15 is 0 Å². The molecule has 0 aliphatic carbocycles. The summed E-state index contributed by atoms with van der Waals surface area (Å²) < 4.78 is 4.53. The summed E-state index contributed by atoms with van der Waals surface area (Å²) in [6.07, 6.45) is 3.88. The maximum absolute atomic E-state index is 8.34. The summed E-state index contributed by atoms with van der Waals surface area (Å²) >= 11 is 0. The van der Waals surface area contributed by atoms with Crippen LogP contribution in [-0.4, -0.2) is 41.9 Å². The van der Waals surface area contributed by atoms with E-state index in [1.165, 1.54) is 38.9 Å². The van der Waals surface area contributed by atoms with Gasteiger partial charge in [0.05, 0.1) is 0 Å². The lowest BCUT2D eigenvalue weighted by Crippen LogP contribution is -2.25. The second kappa shape index (κ2) is 13.0. The predicted octanol–water partition coefficient (Wildman–Crippen LogP) is 2.55. The molecule has 0 fully saturated rings. The maximum Gasteiger partial charge on any atom is 0.707 e. The van der Waals surface area contributed by atoms with Gasteiger partial charge in [-0.2, -0.15) is 0 Å². The highest BCUT2D eigenvalue weighted by Crippen LogP contribution is 2.07. The molecular weight excluding hydrogens is 253 g/mol. The summed E-state index contributed by atoms with van der Waals surface area (Å²) in [6, 6.07) is 8.59. The molecule has 0 heterocycles. The van der Waals surface area contributed by atoms with Crippen LogP contribution in [0.2, 0.25) is 0 Å². The first-order valence-electron chi connectivity index (χ1n) is 7.44. The van der Waals surface area contributed by atoms with Gasteiger partial charge in [-0.15, -0.1) is 0 Å². The largest absolute Gasteiger partial charge is 0.707 e. The third kappa shape index (κ3) is 10.8. The molecule has 1 aromatic carbocycles. The number of hydrogen-bond acceptors (Lipinski definition) is 4. The van der Waals surface area contributed by atoms with Gasteiger partial charge < -0.3 is 19.6 Å². The van der Waals surface area contributed by atoms with Crippen LogP contribution in [0.3, 0.4) is 0 Å². The number of hydrogen-bond donors (Lipinski definition) is 2. The van der Waals surface area contributed by atoms with Crippen LogP contribution in [0.25, 0.3) is 0 Å². The quantitative estimate of drug-likeness (QED) is 0.719. The van der Waals surface area contributed by atoms with Crippen LogP contribution < -0.4 is 4.65 Å². The van der Waals surface area contributed by atoms with Crippen LogP contribution in [0.1, 0.15) is 40.0 Å². The molecule has 0 saturated heterocycles. The van der Waals surface area contributed by atoms with E-state index in [1.807, 2.05) is 6.07 Å². The van der Waals surface area contributed by atoms with Crippen molar-refractivity contribution in [3.8, 4) is 5.75 Å². The van der Waals surface area contributed by atoms with Crippen molar-refractivity contribution in [3.05, 3.63) is 30.3 Å². The van der Waals surface area contributed by atoms with E-state index in [-0.39, 0.29) is 0 Å². The lowest BCUT2D eigenvalue weighted by atomic mass is 10.2. The van der Waals surface area contributed by atoms with Crippen LogP contribution in [0.5, 0.6) is 5.75 Å². The number of benzene rings is 1. The van der Waals surface area contributed by atoms with Gasteiger partial charge in [-0.1, -0.05) is 39.0 Å². The van der Waals surface area contributed by atoms with E-state index in [4.69, 9.17) is 10.0 Å². The molecule has 0 bridgehead atoms. The monoisotopic (exact) mass is 281 g/mol. The normalized spacial score (nSPS) is 9.90. The Balaban J connectivity index is 0.000000361. The first-order chi connectivity index (χ1) is 9.63. The molecule has 0 spiro atoms. The summed E-state index contributed by atoms with van der Waals surface area (Å²) in [7, 11) is -1.73. The van der Waals surface area contributed by atoms with E-state index in [1.54, 1.807) is 24.3 Å². The fraction of sp³-hybridized carbons (Fsp3) is 0.600. The Kier molecular flexibility index (Phi) is 12.3. The third-order valence-electron chi connectivity index (χ3n) is 2.60. The van der Waals surface area contributed by atoms with Gasteiger partial charge in [0.25, 0.3) is 0 Å². The van der Waals surface area contributed by atoms with Crippen LogP contribution in [0.4, 0.5) is 0 Å². The van der Waals surface area contributed by atoms with Crippen molar-refractivity contribution < 1.29 is 14.7 Å². The van der Waals surface area contributed by atoms with Crippen molar-refractivity contribution in [2.75, 3.05) is 19.6 Å². The second-order valence-corrected chi connectivity index (χ2v) is 4.60. The molecule has 0 aliphatic heterocycles. The Bertz CT molecular complexity index is 295. The molecular formula is C15H28BNO3. The molecule has 0 unspecified atom stereocenters. The molecule has 2 N–H and O–H groups in total. The number of nitrogens with zero attached hydrogens (tertiary/aromatic N) is 1. The standard InChI is InChI=1S/C9H21N.C6H7BO3/c1-4-7-10(8-5-2)9-6-3;8-7(9)10-6-4-2-1-3-5-6/h4-9H2,1-3H3;1-5,8-9H. The van der Waals surface area contributed by atoms with Crippen molar-refractivity contribution in [2.45, 2.75) is 40.0 Å². The Morgan fingerprint density at radius 2 is 1.35 bits per heavy atom. The van der Waals surface area contributed by atoms with Crippen molar-refractivity contribution in [3.63, 3.8) is 0 Å². The lowest BCUT2D eigenvalue weighted by molar-refractivity contribution is 0.275. The highest BCUT2D eigenvalue weighted by molar-refractivity contribution is 6.33. The second-order valence-electron chi connectivity index (χ2n) is 4.60. The van der Waals surface area contributed by atoms with E-state index in [0.717, 1.165) is 0 Å². The minimum atomic E-state index is -1.73. The molecule has 0 radical (unpaired) electrons. The van der Waals surface area contributed by atoms with E-state index < -0.39 is 7.32 Å². The van der Waals surface area contributed by atoms with Crippen molar-refractivity contribution in [1.29, 1.82) is 0 Å². The zero-order valence-electron chi connectivity index (χ0n) is 13.0. The molecule has 114 valence electrons. The summed E-state index contributed by atoms with van der Waals surface area (Å²) in [5.41, 5.74) is 0. The van der Waals surface area contributed by atoms with Gasteiger partial charge in [-0.25, -0.2) is 0 Å². The maximum atomic E-state index is 8.34. The average Bonchev–Trinajstić information content (AvgIpc) is 2.41. The van der Waals surface area contributed by atoms with Gasteiger partial charge in [0, 0.05) is 0 Å². The van der Waals surface area contributed by atoms with Crippen LogP contribution in [0, 0.1) is 0 Å². The Morgan fingerprint density at radius 1 is 0.900 bits per heavy atom. The summed E-state index contributed by atoms with van der Waals surface area (Å²) in [5.74, 6) is 0.442. The van der Waals surface area contributed by atoms with Gasteiger partial charge in [-0.05, 0) is 51.0 Å². The smallest absolute Gasteiger partial charge is 0.512 e. The Hall–Kier alpha value is -1.04. The molecule has 1 aromatic rings. The first kappa shape index (κ1) is 19.0. The fourth-order valence-corrected chi connectivity index (χ4v) is 1.90.